The maximum absolute atomic E-state index is 11.7. The van der Waals surface area contributed by atoms with Crippen molar-refractivity contribution in [1.82, 2.24) is 10.6 Å². The van der Waals surface area contributed by atoms with Crippen molar-refractivity contribution in [2.75, 3.05) is 13.1 Å². The molecule has 0 heterocycles. The van der Waals surface area contributed by atoms with Gasteiger partial charge in [0.15, 0.2) is 0 Å². The van der Waals surface area contributed by atoms with Gasteiger partial charge in [-0.2, -0.15) is 0 Å². The van der Waals surface area contributed by atoms with E-state index >= 15 is 0 Å². The first-order valence-electron chi connectivity index (χ1n) is 7.26. The van der Waals surface area contributed by atoms with Crippen molar-refractivity contribution >= 4 is 5.91 Å². The number of amides is 1. The molecule has 0 bridgehead atoms. The number of rotatable bonds is 7. The highest BCUT2D eigenvalue weighted by Gasteiger charge is 2.19. The lowest BCUT2D eigenvalue weighted by molar-refractivity contribution is -0.121. The van der Waals surface area contributed by atoms with Crippen molar-refractivity contribution in [1.29, 1.82) is 0 Å². The van der Waals surface area contributed by atoms with Crippen molar-refractivity contribution < 1.29 is 9.90 Å². The molecule has 4 heteroatoms. The van der Waals surface area contributed by atoms with Crippen LogP contribution in [-0.4, -0.2) is 35.7 Å². The van der Waals surface area contributed by atoms with E-state index in [2.05, 4.69) is 10.6 Å². The number of carbonyl (C=O) groups is 1. The number of aliphatic hydroxyl groups is 1. The van der Waals surface area contributed by atoms with E-state index < -0.39 is 5.60 Å². The molecule has 1 aliphatic carbocycles. The van der Waals surface area contributed by atoms with Gasteiger partial charge in [-0.3, -0.25) is 4.79 Å². The van der Waals surface area contributed by atoms with Gasteiger partial charge in [-0.05, 0) is 26.2 Å². The lowest BCUT2D eigenvalue weighted by atomic mass is 9.95. The summed E-state index contributed by atoms with van der Waals surface area (Å²) in [5, 5.41) is 16.0. The molecule has 0 saturated heterocycles. The summed E-state index contributed by atoms with van der Waals surface area (Å²) in [6.07, 6.45) is 7.67. The van der Waals surface area contributed by atoms with Crippen LogP contribution in [0.25, 0.3) is 0 Å². The predicted molar refractivity (Wildman–Crippen MR) is 73.4 cm³/mol. The van der Waals surface area contributed by atoms with E-state index in [1.165, 1.54) is 19.3 Å². The SMILES string of the molecule is CCCC(C)(O)CNCC(=O)NC1CCCCC1. The van der Waals surface area contributed by atoms with Gasteiger partial charge in [0.05, 0.1) is 12.1 Å². The summed E-state index contributed by atoms with van der Waals surface area (Å²) in [4.78, 5) is 11.7. The zero-order valence-electron chi connectivity index (χ0n) is 11.8. The standard InChI is InChI=1S/C14H28N2O2/c1-3-9-14(2,18)11-15-10-13(17)16-12-7-5-4-6-8-12/h12,15,18H,3-11H2,1-2H3,(H,16,17). The Morgan fingerprint density at radius 3 is 2.61 bits per heavy atom. The van der Waals surface area contributed by atoms with E-state index in [4.69, 9.17) is 0 Å². The minimum atomic E-state index is -0.708. The van der Waals surface area contributed by atoms with Gasteiger partial charge in [-0.1, -0.05) is 32.6 Å². The minimum absolute atomic E-state index is 0.0502. The fourth-order valence-electron chi connectivity index (χ4n) is 2.60. The molecule has 1 saturated carbocycles. The Bertz CT molecular complexity index is 248. The molecule has 0 aromatic carbocycles. The Kier molecular flexibility index (Phi) is 6.65. The van der Waals surface area contributed by atoms with Crippen LogP contribution in [0.4, 0.5) is 0 Å². The molecule has 1 rings (SSSR count). The van der Waals surface area contributed by atoms with Crippen molar-refractivity contribution in [3.63, 3.8) is 0 Å². The smallest absolute Gasteiger partial charge is 0.234 e. The summed E-state index contributed by atoms with van der Waals surface area (Å²) < 4.78 is 0. The number of carbonyl (C=O) groups excluding carboxylic acids is 1. The van der Waals surface area contributed by atoms with Gasteiger partial charge in [0.25, 0.3) is 0 Å². The van der Waals surface area contributed by atoms with Crippen LogP contribution in [0.5, 0.6) is 0 Å². The van der Waals surface area contributed by atoms with E-state index in [-0.39, 0.29) is 5.91 Å². The van der Waals surface area contributed by atoms with Gasteiger partial charge >= 0.3 is 0 Å². The maximum Gasteiger partial charge on any atom is 0.234 e. The van der Waals surface area contributed by atoms with Gasteiger partial charge in [-0.15, -0.1) is 0 Å². The Balaban J connectivity index is 2.12. The van der Waals surface area contributed by atoms with Crippen LogP contribution in [0.2, 0.25) is 0 Å². The third-order valence-corrected chi connectivity index (χ3v) is 3.55. The van der Waals surface area contributed by atoms with Crippen molar-refractivity contribution in [2.24, 2.45) is 0 Å². The first-order valence-corrected chi connectivity index (χ1v) is 7.26. The summed E-state index contributed by atoms with van der Waals surface area (Å²) >= 11 is 0. The topological polar surface area (TPSA) is 61.4 Å². The Labute approximate surface area is 111 Å². The van der Waals surface area contributed by atoms with Crippen LogP contribution in [0, 0.1) is 0 Å². The average molecular weight is 256 g/mol. The summed E-state index contributed by atoms with van der Waals surface area (Å²) in [5.74, 6) is 0.0502. The second-order valence-corrected chi connectivity index (χ2v) is 5.75. The molecule has 1 aliphatic rings. The second-order valence-electron chi connectivity index (χ2n) is 5.75. The third kappa shape index (κ3) is 6.36. The molecule has 18 heavy (non-hydrogen) atoms. The van der Waals surface area contributed by atoms with E-state index in [1.807, 2.05) is 13.8 Å². The first kappa shape index (κ1) is 15.4. The Morgan fingerprint density at radius 1 is 1.33 bits per heavy atom. The van der Waals surface area contributed by atoms with Crippen molar-refractivity contribution in [2.45, 2.75) is 70.4 Å². The highest BCUT2D eigenvalue weighted by Crippen LogP contribution is 2.17. The summed E-state index contributed by atoms with van der Waals surface area (Å²) in [6.45, 7) is 4.63. The van der Waals surface area contributed by atoms with Gasteiger partial charge < -0.3 is 15.7 Å². The maximum atomic E-state index is 11.7. The molecule has 0 aromatic heterocycles. The Morgan fingerprint density at radius 2 is 2.00 bits per heavy atom. The number of hydrogen-bond donors (Lipinski definition) is 3. The van der Waals surface area contributed by atoms with Gasteiger partial charge in [0.2, 0.25) is 5.91 Å². The van der Waals surface area contributed by atoms with Crippen LogP contribution < -0.4 is 10.6 Å². The van der Waals surface area contributed by atoms with Crippen LogP contribution in [0.1, 0.15) is 58.8 Å². The van der Waals surface area contributed by atoms with Crippen molar-refractivity contribution in [3.05, 3.63) is 0 Å². The lowest BCUT2D eigenvalue weighted by Gasteiger charge is -2.25. The third-order valence-electron chi connectivity index (χ3n) is 3.55. The fourth-order valence-corrected chi connectivity index (χ4v) is 2.60. The van der Waals surface area contributed by atoms with E-state index in [0.29, 0.717) is 19.1 Å². The quantitative estimate of drug-likeness (QED) is 0.648. The normalized spacial score (nSPS) is 20.4. The zero-order chi connectivity index (χ0) is 13.4. The minimum Gasteiger partial charge on any atom is -0.389 e. The molecule has 0 radical (unpaired) electrons. The molecule has 3 N–H and O–H groups in total. The predicted octanol–water partition coefficient (Wildman–Crippen LogP) is 1.58. The van der Waals surface area contributed by atoms with Crippen LogP contribution in [0.3, 0.4) is 0 Å². The fraction of sp³-hybridized carbons (Fsp3) is 0.929. The molecule has 1 fully saturated rings. The van der Waals surface area contributed by atoms with Crippen molar-refractivity contribution in [3.8, 4) is 0 Å². The van der Waals surface area contributed by atoms with Crippen LogP contribution in [0.15, 0.2) is 0 Å². The van der Waals surface area contributed by atoms with E-state index in [0.717, 1.165) is 25.7 Å². The van der Waals surface area contributed by atoms with Gasteiger partial charge in [0.1, 0.15) is 0 Å². The monoisotopic (exact) mass is 256 g/mol. The van der Waals surface area contributed by atoms with Crippen LogP contribution in [-0.2, 0) is 4.79 Å². The molecule has 106 valence electrons. The second kappa shape index (κ2) is 7.74. The molecular weight excluding hydrogens is 228 g/mol. The summed E-state index contributed by atoms with van der Waals surface area (Å²) in [7, 11) is 0. The van der Waals surface area contributed by atoms with E-state index in [1.54, 1.807) is 0 Å². The molecular formula is C14H28N2O2. The molecule has 1 atom stereocenters. The van der Waals surface area contributed by atoms with Gasteiger partial charge in [-0.25, -0.2) is 0 Å². The summed E-state index contributed by atoms with van der Waals surface area (Å²) in [5.41, 5.74) is -0.708. The largest absolute Gasteiger partial charge is 0.389 e. The lowest BCUT2D eigenvalue weighted by Crippen LogP contribution is -2.45. The molecule has 4 nitrogen and oxygen atoms in total. The molecule has 0 spiro atoms. The highest BCUT2D eigenvalue weighted by molar-refractivity contribution is 5.78. The number of hydrogen-bond acceptors (Lipinski definition) is 3. The Hall–Kier alpha value is -0.610. The highest BCUT2D eigenvalue weighted by atomic mass is 16.3. The molecule has 1 unspecified atom stereocenters. The average Bonchev–Trinajstić information content (AvgIpc) is 2.29. The van der Waals surface area contributed by atoms with Gasteiger partial charge in [0, 0.05) is 12.6 Å². The number of nitrogens with one attached hydrogen (secondary N) is 2. The van der Waals surface area contributed by atoms with Crippen LogP contribution >= 0.6 is 0 Å². The van der Waals surface area contributed by atoms with E-state index in [9.17, 15) is 9.90 Å². The zero-order valence-corrected chi connectivity index (χ0v) is 11.8. The molecule has 0 aromatic rings. The molecule has 1 amide bonds. The summed E-state index contributed by atoms with van der Waals surface area (Å²) in [6, 6.07) is 0.365. The first-order chi connectivity index (χ1) is 8.53. The molecule has 0 aliphatic heterocycles.